The van der Waals surface area contributed by atoms with E-state index in [1.54, 1.807) is 0 Å². The molecule has 0 aliphatic carbocycles. The standard InChI is InChI=1S/C15H19F3N2O2.ClH/c1-10(20-14(21)13-9-19-6-7-22-13)8-11-2-4-12(5-3-11)15(16,17)18;/h2-5,10,13,19H,6-9H2,1H3,(H,20,21);1H. The molecule has 4 nitrogen and oxygen atoms in total. The van der Waals surface area contributed by atoms with Gasteiger partial charge in [-0.05, 0) is 31.0 Å². The molecular formula is C15H20ClF3N2O2. The van der Waals surface area contributed by atoms with Crippen LogP contribution < -0.4 is 10.6 Å². The lowest BCUT2D eigenvalue weighted by Crippen LogP contribution is -2.50. The highest BCUT2D eigenvalue weighted by Crippen LogP contribution is 2.29. The Balaban J connectivity index is 0.00000264. The fourth-order valence-corrected chi connectivity index (χ4v) is 2.30. The minimum absolute atomic E-state index is 0. The molecular weight excluding hydrogens is 333 g/mol. The monoisotopic (exact) mass is 352 g/mol. The number of carbonyl (C=O) groups is 1. The molecule has 1 amide bonds. The Kier molecular flexibility index (Phi) is 7.31. The molecule has 2 atom stereocenters. The van der Waals surface area contributed by atoms with Gasteiger partial charge in [0.15, 0.2) is 0 Å². The van der Waals surface area contributed by atoms with Gasteiger partial charge in [-0.2, -0.15) is 13.2 Å². The fourth-order valence-electron chi connectivity index (χ4n) is 2.30. The number of alkyl halides is 3. The second kappa shape index (κ2) is 8.52. The van der Waals surface area contributed by atoms with Crippen LogP contribution in [-0.2, 0) is 22.1 Å². The van der Waals surface area contributed by atoms with E-state index in [1.807, 2.05) is 6.92 Å². The third-order valence-electron chi connectivity index (χ3n) is 3.43. The summed E-state index contributed by atoms with van der Waals surface area (Å²) < 4.78 is 42.8. The first-order chi connectivity index (χ1) is 10.4. The van der Waals surface area contributed by atoms with E-state index >= 15 is 0 Å². The van der Waals surface area contributed by atoms with E-state index in [9.17, 15) is 18.0 Å². The molecule has 1 aromatic carbocycles. The van der Waals surface area contributed by atoms with Crippen LogP contribution >= 0.6 is 12.4 Å². The van der Waals surface area contributed by atoms with Crippen LogP contribution in [0.25, 0.3) is 0 Å². The Labute approximate surface area is 139 Å². The number of halogens is 4. The maximum Gasteiger partial charge on any atom is 0.416 e. The molecule has 2 unspecified atom stereocenters. The number of benzene rings is 1. The summed E-state index contributed by atoms with van der Waals surface area (Å²) in [6.45, 7) is 3.50. The number of hydrogen-bond donors (Lipinski definition) is 2. The Morgan fingerprint density at radius 1 is 1.39 bits per heavy atom. The first-order valence-electron chi connectivity index (χ1n) is 7.15. The van der Waals surface area contributed by atoms with E-state index in [2.05, 4.69) is 10.6 Å². The van der Waals surface area contributed by atoms with E-state index in [0.29, 0.717) is 19.6 Å². The Morgan fingerprint density at radius 2 is 2.04 bits per heavy atom. The molecule has 2 rings (SSSR count). The van der Waals surface area contributed by atoms with Gasteiger partial charge in [0.2, 0.25) is 0 Å². The molecule has 1 saturated heterocycles. The van der Waals surface area contributed by atoms with Crippen molar-refractivity contribution in [2.75, 3.05) is 19.7 Å². The minimum Gasteiger partial charge on any atom is -0.366 e. The summed E-state index contributed by atoms with van der Waals surface area (Å²) in [7, 11) is 0. The molecule has 0 saturated carbocycles. The van der Waals surface area contributed by atoms with Gasteiger partial charge in [0, 0.05) is 19.1 Å². The number of carbonyl (C=O) groups excluding carboxylic acids is 1. The van der Waals surface area contributed by atoms with Gasteiger partial charge < -0.3 is 15.4 Å². The third kappa shape index (κ3) is 6.01. The van der Waals surface area contributed by atoms with Crippen molar-refractivity contribution < 1.29 is 22.7 Å². The second-order valence-corrected chi connectivity index (χ2v) is 5.37. The van der Waals surface area contributed by atoms with Crippen LogP contribution in [0.3, 0.4) is 0 Å². The smallest absolute Gasteiger partial charge is 0.366 e. The molecule has 23 heavy (non-hydrogen) atoms. The molecule has 2 N–H and O–H groups in total. The molecule has 0 bridgehead atoms. The van der Waals surface area contributed by atoms with Gasteiger partial charge in [-0.3, -0.25) is 4.79 Å². The Morgan fingerprint density at radius 3 is 2.57 bits per heavy atom. The quantitative estimate of drug-likeness (QED) is 0.873. The molecule has 0 aromatic heterocycles. The van der Waals surface area contributed by atoms with Crippen molar-refractivity contribution in [1.82, 2.24) is 10.6 Å². The van der Waals surface area contributed by atoms with Crippen molar-refractivity contribution in [3.8, 4) is 0 Å². The highest BCUT2D eigenvalue weighted by molar-refractivity contribution is 5.85. The topological polar surface area (TPSA) is 50.4 Å². The molecule has 1 fully saturated rings. The molecule has 0 radical (unpaired) electrons. The summed E-state index contributed by atoms with van der Waals surface area (Å²) in [6.07, 6.45) is -4.38. The van der Waals surface area contributed by atoms with E-state index < -0.39 is 17.8 Å². The molecule has 1 heterocycles. The molecule has 0 spiro atoms. The van der Waals surface area contributed by atoms with Crippen LogP contribution in [0.1, 0.15) is 18.1 Å². The highest BCUT2D eigenvalue weighted by atomic mass is 35.5. The zero-order valence-corrected chi connectivity index (χ0v) is 13.5. The van der Waals surface area contributed by atoms with Gasteiger partial charge in [0.05, 0.1) is 12.2 Å². The Bertz CT molecular complexity index is 502. The average Bonchev–Trinajstić information content (AvgIpc) is 2.47. The normalized spacial score (nSPS) is 19.6. The van der Waals surface area contributed by atoms with Gasteiger partial charge in [-0.1, -0.05) is 12.1 Å². The van der Waals surface area contributed by atoms with Crippen LogP contribution in [0.15, 0.2) is 24.3 Å². The first kappa shape index (κ1) is 19.7. The summed E-state index contributed by atoms with van der Waals surface area (Å²) in [6, 6.07) is 4.79. The number of rotatable bonds is 4. The van der Waals surface area contributed by atoms with Crippen molar-refractivity contribution in [3.05, 3.63) is 35.4 Å². The van der Waals surface area contributed by atoms with Crippen molar-refractivity contribution >= 4 is 18.3 Å². The highest BCUT2D eigenvalue weighted by Gasteiger charge is 2.30. The molecule has 1 aromatic rings. The largest absolute Gasteiger partial charge is 0.416 e. The van der Waals surface area contributed by atoms with Crippen molar-refractivity contribution in [2.24, 2.45) is 0 Å². The molecule has 8 heteroatoms. The average molecular weight is 353 g/mol. The molecule has 1 aliphatic heterocycles. The van der Waals surface area contributed by atoms with E-state index in [1.165, 1.54) is 12.1 Å². The SMILES string of the molecule is CC(Cc1ccc(C(F)(F)F)cc1)NC(=O)C1CNCCO1.Cl. The minimum atomic E-state index is -4.33. The zero-order chi connectivity index (χ0) is 16.2. The number of ether oxygens (including phenoxy) is 1. The van der Waals surface area contributed by atoms with Crippen LogP contribution in [0.2, 0.25) is 0 Å². The predicted molar refractivity (Wildman–Crippen MR) is 82.6 cm³/mol. The van der Waals surface area contributed by atoms with Crippen LogP contribution in [-0.4, -0.2) is 37.7 Å². The Hall–Kier alpha value is -1.31. The van der Waals surface area contributed by atoms with Gasteiger partial charge in [0.1, 0.15) is 6.10 Å². The van der Waals surface area contributed by atoms with Crippen molar-refractivity contribution in [2.45, 2.75) is 31.7 Å². The maximum absolute atomic E-state index is 12.5. The number of amides is 1. The van der Waals surface area contributed by atoms with E-state index in [0.717, 1.165) is 24.2 Å². The van der Waals surface area contributed by atoms with Gasteiger partial charge in [-0.25, -0.2) is 0 Å². The van der Waals surface area contributed by atoms with E-state index in [4.69, 9.17) is 4.74 Å². The molecule has 130 valence electrons. The van der Waals surface area contributed by atoms with E-state index in [-0.39, 0.29) is 24.4 Å². The lowest BCUT2D eigenvalue weighted by Gasteiger charge is -2.24. The van der Waals surface area contributed by atoms with Gasteiger partial charge in [0.25, 0.3) is 5.91 Å². The summed E-state index contributed by atoms with van der Waals surface area (Å²) in [4.78, 5) is 12.0. The number of nitrogens with one attached hydrogen (secondary N) is 2. The first-order valence-corrected chi connectivity index (χ1v) is 7.15. The fraction of sp³-hybridized carbons (Fsp3) is 0.533. The van der Waals surface area contributed by atoms with Crippen LogP contribution in [0.4, 0.5) is 13.2 Å². The van der Waals surface area contributed by atoms with Gasteiger partial charge in [-0.15, -0.1) is 12.4 Å². The lowest BCUT2D eigenvalue weighted by atomic mass is 10.0. The number of morpholine rings is 1. The zero-order valence-electron chi connectivity index (χ0n) is 12.7. The van der Waals surface area contributed by atoms with Gasteiger partial charge >= 0.3 is 6.18 Å². The van der Waals surface area contributed by atoms with Crippen molar-refractivity contribution in [3.63, 3.8) is 0 Å². The summed E-state index contributed by atoms with van der Waals surface area (Å²) in [5, 5.41) is 5.88. The molecule has 1 aliphatic rings. The summed E-state index contributed by atoms with van der Waals surface area (Å²) in [5.41, 5.74) is 0.0677. The summed E-state index contributed by atoms with van der Waals surface area (Å²) >= 11 is 0. The number of hydrogen-bond acceptors (Lipinski definition) is 3. The van der Waals surface area contributed by atoms with Crippen molar-refractivity contribution in [1.29, 1.82) is 0 Å². The van der Waals surface area contributed by atoms with Crippen LogP contribution in [0.5, 0.6) is 0 Å². The third-order valence-corrected chi connectivity index (χ3v) is 3.43. The maximum atomic E-state index is 12.5. The predicted octanol–water partition coefficient (Wildman–Crippen LogP) is 2.16. The summed E-state index contributed by atoms with van der Waals surface area (Å²) in [5.74, 6) is -0.202. The lowest BCUT2D eigenvalue weighted by molar-refractivity contribution is -0.137. The second-order valence-electron chi connectivity index (χ2n) is 5.37. The van der Waals surface area contributed by atoms with Crippen LogP contribution in [0, 0.1) is 0 Å².